The summed E-state index contributed by atoms with van der Waals surface area (Å²) in [6.07, 6.45) is 4.03. The predicted octanol–water partition coefficient (Wildman–Crippen LogP) is 2.81. The predicted molar refractivity (Wildman–Crippen MR) is 84.7 cm³/mol. The van der Waals surface area contributed by atoms with Gasteiger partial charge >= 0.3 is 6.09 Å². The van der Waals surface area contributed by atoms with Gasteiger partial charge in [0.05, 0.1) is 0 Å². The number of para-hydroxylation sites is 1. The number of nitrogens with one attached hydrogen (secondary N) is 1. The Morgan fingerprint density at radius 1 is 1.23 bits per heavy atom. The van der Waals surface area contributed by atoms with Gasteiger partial charge in [-0.25, -0.2) is 4.79 Å². The standard InChI is InChI=1S/C17H24N2O3/c1-13-8-6-7-11-15(13)18-16(20)12-19(2)17(21)22-14-9-4-3-5-10-14/h3-5,9-10,13,15H,6-8,11-12H2,1-2H3,(H,18,20)/t13-,15+/m0/s1. The van der Waals surface area contributed by atoms with E-state index in [1.807, 2.05) is 6.07 Å². The molecule has 0 saturated heterocycles. The molecule has 1 N–H and O–H groups in total. The lowest BCUT2D eigenvalue weighted by atomic mass is 9.86. The quantitative estimate of drug-likeness (QED) is 0.930. The number of rotatable bonds is 4. The van der Waals surface area contributed by atoms with E-state index in [0.717, 1.165) is 19.3 Å². The molecular formula is C17H24N2O3. The minimum Gasteiger partial charge on any atom is -0.410 e. The number of carbonyl (C=O) groups is 2. The summed E-state index contributed by atoms with van der Waals surface area (Å²) < 4.78 is 5.20. The Kier molecular flexibility index (Phi) is 5.81. The van der Waals surface area contributed by atoms with Gasteiger partial charge in [0.25, 0.3) is 0 Å². The second-order valence-electron chi connectivity index (χ2n) is 5.97. The largest absolute Gasteiger partial charge is 0.415 e. The number of ether oxygens (including phenoxy) is 1. The molecule has 1 saturated carbocycles. The van der Waals surface area contributed by atoms with Crippen molar-refractivity contribution in [2.45, 2.75) is 38.6 Å². The van der Waals surface area contributed by atoms with Crippen LogP contribution in [-0.4, -0.2) is 36.5 Å². The molecule has 0 unspecified atom stereocenters. The van der Waals surface area contributed by atoms with E-state index in [2.05, 4.69) is 12.2 Å². The Morgan fingerprint density at radius 3 is 2.59 bits per heavy atom. The van der Waals surface area contributed by atoms with Gasteiger partial charge in [0.1, 0.15) is 12.3 Å². The number of nitrogens with zero attached hydrogens (tertiary/aromatic N) is 1. The van der Waals surface area contributed by atoms with E-state index < -0.39 is 6.09 Å². The second-order valence-corrected chi connectivity index (χ2v) is 5.97. The summed E-state index contributed by atoms with van der Waals surface area (Å²) in [5.74, 6) is 0.839. The van der Waals surface area contributed by atoms with Gasteiger partial charge < -0.3 is 15.0 Å². The smallest absolute Gasteiger partial charge is 0.410 e. The molecule has 0 aromatic heterocycles. The summed E-state index contributed by atoms with van der Waals surface area (Å²) >= 11 is 0. The third kappa shape index (κ3) is 4.76. The molecule has 0 spiro atoms. The highest BCUT2D eigenvalue weighted by molar-refractivity contribution is 5.82. The number of hydrogen-bond acceptors (Lipinski definition) is 3. The summed E-state index contributed by atoms with van der Waals surface area (Å²) in [7, 11) is 1.56. The molecule has 2 amide bonds. The fraction of sp³-hybridized carbons (Fsp3) is 0.529. The molecule has 0 heterocycles. The maximum absolute atomic E-state index is 12.1. The van der Waals surface area contributed by atoms with Crippen molar-refractivity contribution in [1.29, 1.82) is 0 Å². The lowest BCUT2D eigenvalue weighted by molar-refractivity contribution is -0.122. The highest BCUT2D eigenvalue weighted by atomic mass is 16.6. The first kappa shape index (κ1) is 16.3. The van der Waals surface area contributed by atoms with Crippen LogP contribution < -0.4 is 10.1 Å². The lowest BCUT2D eigenvalue weighted by Crippen LogP contribution is -2.46. The van der Waals surface area contributed by atoms with Gasteiger partial charge in [-0.2, -0.15) is 0 Å². The summed E-state index contributed by atoms with van der Waals surface area (Å²) in [5, 5.41) is 3.03. The van der Waals surface area contributed by atoms with E-state index in [4.69, 9.17) is 4.74 Å². The van der Waals surface area contributed by atoms with Gasteiger partial charge in [-0.1, -0.05) is 38.0 Å². The lowest BCUT2D eigenvalue weighted by Gasteiger charge is -2.30. The van der Waals surface area contributed by atoms with Crippen molar-refractivity contribution in [2.24, 2.45) is 5.92 Å². The zero-order valence-corrected chi connectivity index (χ0v) is 13.2. The summed E-state index contributed by atoms with van der Waals surface area (Å²) in [6, 6.07) is 9.06. The molecule has 2 atom stereocenters. The molecule has 0 aliphatic heterocycles. The van der Waals surface area contributed by atoms with Crippen LogP contribution in [0.3, 0.4) is 0 Å². The normalized spacial score (nSPS) is 21.0. The maximum atomic E-state index is 12.1. The van der Waals surface area contributed by atoms with E-state index in [1.165, 1.54) is 11.3 Å². The van der Waals surface area contributed by atoms with Crippen LogP contribution in [0.4, 0.5) is 4.79 Å². The first-order chi connectivity index (χ1) is 10.6. The van der Waals surface area contributed by atoms with Crippen molar-refractivity contribution in [3.8, 4) is 5.75 Å². The average molecular weight is 304 g/mol. The molecule has 5 nitrogen and oxygen atoms in total. The van der Waals surface area contributed by atoms with Crippen LogP contribution in [-0.2, 0) is 4.79 Å². The van der Waals surface area contributed by atoms with E-state index in [9.17, 15) is 9.59 Å². The molecule has 0 radical (unpaired) electrons. The van der Waals surface area contributed by atoms with Gasteiger partial charge in [0, 0.05) is 13.1 Å². The molecule has 1 aliphatic rings. The second kappa shape index (κ2) is 7.82. The van der Waals surface area contributed by atoms with Crippen LogP contribution in [0.5, 0.6) is 5.75 Å². The molecule has 22 heavy (non-hydrogen) atoms. The molecule has 1 aromatic carbocycles. The van der Waals surface area contributed by atoms with Crippen molar-refractivity contribution < 1.29 is 14.3 Å². The van der Waals surface area contributed by atoms with E-state index in [-0.39, 0.29) is 18.5 Å². The van der Waals surface area contributed by atoms with Crippen LogP contribution in [0.15, 0.2) is 30.3 Å². The number of amides is 2. The Bertz CT molecular complexity index is 504. The Balaban J connectivity index is 1.79. The van der Waals surface area contributed by atoms with E-state index in [1.54, 1.807) is 31.3 Å². The van der Waals surface area contributed by atoms with Crippen LogP contribution >= 0.6 is 0 Å². The average Bonchev–Trinajstić information content (AvgIpc) is 2.50. The first-order valence-electron chi connectivity index (χ1n) is 7.83. The van der Waals surface area contributed by atoms with Gasteiger partial charge in [-0.15, -0.1) is 0 Å². The van der Waals surface area contributed by atoms with Crippen molar-refractivity contribution in [3.05, 3.63) is 30.3 Å². The SMILES string of the molecule is C[C@H]1CCCC[C@H]1NC(=O)CN(C)C(=O)Oc1ccccc1. The van der Waals surface area contributed by atoms with Crippen molar-refractivity contribution in [2.75, 3.05) is 13.6 Å². The molecule has 1 aromatic rings. The zero-order valence-electron chi connectivity index (χ0n) is 13.2. The Morgan fingerprint density at radius 2 is 1.91 bits per heavy atom. The minimum absolute atomic E-state index is 0.00882. The van der Waals surface area contributed by atoms with E-state index >= 15 is 0 Å². The molecule has 120 valence electrons. The summed E-state index contributed by atoms with van der Waals surface area (Å²) in [4.78, 5) is 25.3. The molecule has 1 fully saturated rings. The third-order valence-electron chi connectivity index (χ3n) is 4.10. The number of carbonyl (C=O) groups excluding carboxylic acids is 2. The van der Waals surface area contributed by atoms with Crippen LogP contribution in [0.25, 0.3) is 0 Å². The van der Waals surface area contributed by atoms with Gasteiger partial charge in [0.2, 0.25) is 5.91 Å². The monoisotopic (exact) mass is 304 g/mol. The fourth-order valence-corrected chi connectivity index (χ4v) is 2.73. The van der Waals surface area contributed by atoms with Crippen LogP contribution in [0.1, 0.15) is 32.6 Å². The highest BCUT2D eigenvalue weighted by Crippen LogP contribution is 2.23. The summed E-state index contributed by atoms with van der Waals surface area (Å²) in [6.45, 7) is 2.17. The number of hydrogen-bond donors (Lipinski definition) is 1. The van der Waals surface area contributed by atoms with Gasteiger partial charge in [0.15, 0.2) is 0 Å². The number of likely N-dealkylation sites (N-methyl/N-ethyl adjacent to an activating group) is 1. The van der Waals surface area contributed by atoms with E-state index in [0.29, 0.717) is 11.7 Å². The molecule has 0 bridgehead atoms. The molecule has 1 aliphatic carbocycles. The van der Waals surface area contributed by atoms with Crippen molar-refractivity contribution in [1.82, 2.24) is 10.2 Å². The fourth-order valence-electron chi connectivity index (χ4n) is 2.73. The molecular weight excluding hydrogens is 280 g/mol. The topological polar surface area (TPSA) is 58.6 Å². The minimum atomic E-state index is -0.530. The molecule has 5 heteroatoms. The van der Waals surface area contributed by atoms with Gasteiger partial charge in [-0.3, -0.25) is 4.79 Å². The van der Waals surface area contributed by atoms with Crippen molar-refractivity contribution in [3.63, 3.8) is 0 Å². The summed E-state index contributed by atoms with van der Waals surface area (Å²) in [5.41, 5.74) is 0. The highest BCUT2D eigenvalue weighted by Gasteiger charge is 2.24. The van der Waals surface area contributed by atoms with Gasteiger partial charge in [-0.05, 0) is 30.9 Å². The Hall–Kier alpha value is -2.04. The zero-order chi connectivity index (χ0) is 15.9. The van der Waals surface area contributed by atoms with Crippen molar-refractivity contribution >= 4 is 12.0 Å². The third-order valence-corrected chi connectivity index (χ3v) is 4.10. The molecule has 2 rings (SSSR count). The Labute approximate surface area is 131 Å². The maximum Gasteiger partial charge on any atom is 0.415 e. The first-order valence-corrected chi connectivity index (χ1v) is 7.83. The number of benzene rings is 1. The van der Waals surface area contributed by atoms with Crippen LogP contribution in [0.2, 0.25) is 0 Å². The van der Waals surface area contributed by atoms with Crippen LogP contribution in [0, 0.1) is 5.92 Å².